The van der Waals surface area contributed by atoms with Crippen molar-refractivity contribution < 1.29 is 54.1 Å². The lowest BCUT2D eigenvalue weighted by Gasteiger charge is -2.15. The number of aliphatic hydroxyl groups is 1. The van der Waals surface area contributed by atoms with Crippen molar-refractivity contribution in [3.63, 3.8) is 0 Å². The Labute approximate surface area is 341 Å². The summed E-state index contributed by atoms with van der Waals surface area (Å²) in [6.07, 6.45) is -7.73. The first-order valence-electron chi connectivity index (χ1n) is 16.8. The standard InChI is InChI=1S/C16H21BrF3N3O2Si.C15H22BrN3O3SSi.C2H3F3O/c1-26(2,3)9-8-24-11-23-15(25-10-16(18,19)20)21-14(22-23)12-4-6-13(17)7-5-12;1-23(20,21)15-17-14(12-5-7-13(16)8-6-12)18-19(15)11-22-9-10-24(2,3)4;3-2(4,5)1-6/h4-7H,8-11H2,1-3H3;5-8H,9-11H2,1-4H3;6H,1H2. The molecule has 0 spiro atoms. The molecular weight excluding hydrogens is 938 g/mol. The van der Waals surface area contributed by atoms with Gasteiger partial charge in [-0.25, -0.2) is 13.1 Å². The highest BCUT2D eigenvalue weighted by Crippen LogP contribution is 2.24. The molecule has 0 unspecified atom stereocenters. The molecule has 0 fully saturated rings. The molecule has 0 bridgehead atoms. The number of sulfone groups is 1. The van der Waals surface area contributed by atoms with Gasteiger partial charge in [0.1, 0.15) is 20.1 Å². The molecule has 1 N–H and O–H groups in total. The van der Waals surface area contributed by atoms with Crippen LogP contribution in [-0.2, 0) is 32.8 Å². The Morgan fingerprint density at radius 3 is 1.46 bits per heavy atom. The molecule has 0 aliphatic heterocycles. The minimum atomic E-state index is -4.45. The third-order valence-electron chi connectivity index (χ3n) is 6.78. The van der Waals surface area contributed by atoms with E-state index in [1.807, 2.05) is 24.3 Å². The number of benzene rings is 2. The minimum Gasteiger partial charge on any atom is -0.454 e. The summed E-state index contributed by atoms with van der Waals surface area (Å²) in [6, 6.07) is 16.3. The van der Waals surface area contributed by atoms with E-state index in [-0.39, 0.29) is 30.5 Å². The SMILES string of the molecule is C[Si](C)(C)CCOCn1nc(-c2ccc(Br)cc2)nc1OCC(F)(F)F.C[Si](C)(C)CCOCn1nc(-c2ccc(Br)cc2)nc1S(C)(=O)=O.OCC(F)(F)F. The first-order valence-corrected chi connectivity index (χ1v) is 27.7. The van der Waals surface area contributed by atoms with Crippen LogP contribution < -0.4 is 4.74 Å². The summed E-state index contributed by atoms with van der Waals surface area (Å²) in [4.78, 5) is 8.27. The van der Waals surface area contributed by atoms with Crippen LogP contribution in [0.5, 0.6) is 6.01 Å². The van der Waals surface area contributed by atoms with E-state index in [0.717, 1.165) is 32.9 Å². The summed E-state index contributed by atoms with van der Waals surface area (Å²) < 4.78 is 113. The maximum Gasteiger partial charge on any atom is 0.422 e. The number of alkyl halides is 6. The molecule has 0 aliphatic carbocycles. The minimum absolute atomic E-state index is 0.0127. The van der Waals surface area contributed by atoms with Crippen molar-refractivity contribution in [3.05, 3.63) is 57.5 Å². The Morgan fingerprint density at radius 1 is 0.696 bits per heavy atom. The van der Waals surface area contributed by atoms with Crippen LogP contribution in [0.4, 0.5) is 26.3 Å². The lowest BCUT2D eigenvalue weighted by Crippen LogP contribution is -2.23. The van der Waals surface area contributed by atoms with Crippen molar-refractivity contribution in [2.45, 2.75) is 82.3 Å². The normalized spacial score (nSPS) is 12.4. The van der Waals surface area contributed by atoms with Crippen molar-refractivity contribution >= 4 is 57.8 Å². The van der Waals surface area contributed by atoms with Gasteiger partial charge in [-0.15, -0.1) is 10.2 Å². The molecule has 0 saturated carbocycles. The molecule has 0 atom stereocenters. The van der Waals surface area contributed by atoms with E-state index in [2.05, 4.69) is 91.3 Å². The van der Waals surface area contributed by atoms with E-state index in [0.29, 0.717) is 24.6 Å². The summed E-state index contributed by atoms with van der Waals surface area (Å²) in [5.41, 5.74) is 1.43. The van der Waals surface area contributed by atoms with Crippen LogP contribution in [0.3, 0.4) is 0 Å². The highest BCUT2D eigenvalue weighted by atomic mass is 79.9. The molecule has 314 valence electrons. The predicted molar refractivity (Wildman–Crippen MR) is 212 cm³/mol. The number of ether oxygens (including phenoxy) is 3. The summed E-state index contributed by atoms with van der Waals surface area (Å²) in [5.74, 6) is 0.653. The Morgan fingerprint density at radius 2 is 1.09 bits per heavy atom. The van der Waals surface area contributed by atoms with Gasteiger partial charge in [-0.1, -0.05) is 95.4 Å². The second-order valence-corrected chi connectivity index (χ2v) is 29.6. The van der Waals surface area contributed by atoms with Crippen molar-refractivity contribution in [1.82, 2.24) is 29.5 Å². The van der Waals surface area contributed by atoms with Crippen LogP contribution >= 0.6 is 31.9 Å². The number of nitrogens with zero attached hydrogens (tertiary/aromatic N) is 6. The quantitative estimate of drug-likeness (QED) is 0.0697. The molecule has 0 saturated heterocycles. The fourth-order valence-electron chi connectivity index (χ4n) is 3.85. The molecular formula is C33H46Br2F6N6O6SSi2. The van der Waals surface area contributed by atoms with Crippen LogP contribution in [0.1, 0.15) is 0 Å². The number of rotatable bonds is 15. The largest absolute Gasteiger partial charge is 0.454 e. The van der Waals surface area contributed by atoms with Gasteiger partial charge in [0, 0.05) is 55.7 Å². The highest BCUT2D eigenvalue weighted by Gasteiger charge is 2.30. The predicted octanol–water partition coefficient (Wildman–Crippen LogP) is 8.93. The zero-order chi connectivity index (χ0) is 42.5. The van der Waals surface area contributed by atoms with Gasteiger partial charge in [0.2, 0.25) is 15.0 Å². The second kappa shape index (κ2) is 21.4. The van der Waals surface area contributed by atoms with Gasteiger partial charge >= 0.3 is 18.4 Å². The maximum absolute atomic E-state index is 12.5. The molecule has 2 aromatic heterocycles. The topological polar surface area (TPSA) is 143 Å². The Hall–Kier alpha value is -2.68. The van der Waals surface area contributed by atoms with Crippen LogP contribution in [0.25, 0.3) is 22.8 Å². The molecule has 0 radical (unpaired) electrons. The third-order valence-corrected chi connectivity index (χ3v) is 12.2. The van der Waals surface area contributed by atoms with E-state index < -0.39 is 51.6 Å². The summed E-state index contributed by atoms with van der Waals surface area (Å²) in [5, 5.41) is 15.7. The highest BCUT2D eigenvalue weighted by molar-refractivity contribution is 9.10. The van der Waals surface area contributed by atoms with E-state index in [1.165, 1.54) is 9.36 Å². The zero-order valence-electron chi connectivity index (χ0n) is 31.9. The lowest BCUT2D eigenvalue weighted by molar-refractivity contribution is -0.159. The van der Waals surface area contributed by atoms with E-state index >= 15 is 0 Å². The molecule has 0 amide bonds. The Kier molecular flexibility index (Phi) is 18.9. The molecule has 23 heteroatoms. The van der Waals surface area contributed by atoms with Crippen LogP contribution in [0.2, 0.25) is 51.4 Å². The number of hydrogen-bond donors (Lipinski definition) is 1. The van der Waals surface area contributed by atoms with Crippen LogP contribution in [-0.4, -0.2) is 104 Å². The first kappa shape index (κ1) is 49.5. The van der Waals surface area contributed by atoms with E-state index in [9.17, 15) is 34.8 Å². The van der Waals surface area contributed by atoms with E-state index in [4.69, 9.17) is 19.3 Å². The molecule has 0 aliphatic rings. The second-order valence-electron chi connectivity index (χ2n) is 14.6. The van der Waals surface area contributed by atoms with Crippen molar-refractivity contribution in [1.29, 1.82) is 0 Å². The van der Waals surface area contributed by atoms with Gasteiger partial charge in [-0.05, 0) is 36.4 Å². The number of aliphatic hydroxyl groups excluding tert-OH is 1. The van der Waals surface area contributed by atoms with E-state index in [1.54, 1.807) is 24.3 Å². The third kappa shape index (κ3) is 20.1. The summed E-state index contributed by atoms with van der Waals surface area (Å²) in [6.45, 7) is 11.5. The molecule has 56 heavy (non-hydrogen) atoms. The van der Waals surface area contributed by atoms with Gasteiger partial charge in [-0.2, -0.15) is 41.0 Å². The van der Waals surface area contributed by atoms with Gasteiger partial charge < -0.3 is 19.3 Å². The molecule has 12 nitrogen and oxygen atoms in total. The van der Waals surface area contributed by atoms with Crippen LogP contribution in [0.15, 0.2) is 62.6 Å². The fraction of sp³-hybridized carbons (Fsp3) is 0.515. The first-order chi connectivity index (χ1) is 25.7. The van der Waals surface area contributed by atoms with Crippen LogP contribution in [0, 0.1) is 0 Å². The average molecular weight is 985 g/mol. The average Bonchev–Trinajstić information content (AvgIpc) is 3.69. The molecule has 4 rings (SSSR count). The number of aromatic nitrogens is 6. The Balaban J connectivity index is 0.000000338. The number of halogens is 8. The van der Waals surface area contributed by atoms with Crippen molar-refractivity contribution in [2.24, 2.45) is 0 Å². The fourth-order valence-corrected chi connectivity index (χ4v) is 6.62. The van der Waals surface area contributed by atoms with Crippen molar-refractivity contribution in [2.75, 3.05) is 32.7 Å². The van der Waals surface area contributed by atoms with Gasteiger partial charge in [-0.3, -0.25) is 0 Å². The monoisotopic (exact) mass is 982 g/mol. The zero-order valence-corrected chi connectivity index (χ0v) is 37.9. The summed E-state index contributed by atoms with van der Waals surface area (Å²) >= 11 is 6.70. The Bertz CT molecular complexity index is 1900. The maximum atomic E-state index is 12.5. The lowest BCUT2D eigenvalue weighted by atomic mass is 10.2. The molecule has 2 aromatic carbocycles. The number of hydrogen-bond acceptors (Lipinski definition) is 10. The smallest absolute Gasteiger partial charge is 0.422 e. The van der Waals surface area contributed by atoms with Gasteiger partial charge in [0.05, 0.1) is 0 Å². The molecule has 2 heterocycles. The van der Waals surface area contributed by atoms with Gasteiger partial charge in [0.15, 0.2) is 18.3 Å². The molecule has 4 aromatic rings. The van der Waals surface area contributed by atoms with Crippen molar-refractivity contribution in [3.8, 4) is 28.8 Å². The summed E-state index contributed by atoms with van der Waals surface area (Å²) in [7, 11) is -5.93. The van der Waals surface area contributed by atoms with Gasteiger partial charge in [0.25, 0.3) is 0 Å².